The van der Waals surface area contributed by atoms with Crippen molar-refractivity contribution in [2.24, 2.45) is 5.10 Å². The number of carbonyl (C=O) groups is 1. The van der Waals surface area contributed by atoms with Crippen molar-refractivity contribution in [1.29, 1.82) is 0 Å². The molecule has 0 saturated heterocycles. The first kappa shape index (κ1) is 12.5. The van der Waals surface area contributed by atoms with E-state index < -0.39 is 0 Å². The number of hydrazone groups is 1. The van der Waals surface area contributed by atoms with Gasteiger partial charge in [-0.3, -0.25) is 10.4 Å². The van der Waals surface area contributed by atoms with Crippen LogP contribution in [0.1, 0.15) is 23.5 Å². The number of hydrogen-bond acceptors (Lipinski definition) is 4. The Kier molecular flexibility index (Phi) is 3.54. The molecule has 0 aliphatic carbocycles. The number of nitrogens with zero attached hydrogens (tertiary/aromatic N) is 2. The lowest BCUT2D eigenvalue weighted by Crippen LogP contribution is -2.39. The Morgan fingerprint density at radius 1 is 1.10 bits per heavy atom. The minimum Gasteiger partial charge on any atom is -0.301 e. The van der Waals surface area contributed by atoms with Gasteiger partial charge >= 0.3 is 0 Å². The molecule has 2 aromatic rings. The van der Waals surface area contributed by atoms with Crippen LogP contribution < -0.4 is 5.43 Å². The number of hydrogen-bond donors (Lipinski definition) is 1. The molecule has 1 N–H and O–H groups in total. The summed E-state index contributed by atoms with van der Waals surface area (Å²) in [5, 5.41) is 4.35. The van der Waals surface area contributed by atoms with E-state index in [1.165, 1.54) is 0 Å². The maximum Gasteiger partial charge on any atom is 0.144 e. The van der Waals surface area contributed by atoms with Crippen LogP contribution in [0.4, 0.5) is 0 Å². The highest BCUT2D eigenvalue weighted by Gasteiger charge is 2.28. The topological polar surface area (TPSA) is 54.4 Å². The minimum atomic E-state index is -0.287. The fourth-order valence-electron chi connectivity index (χ4n) is 2.50. The van der Waals surface area contributed by atoms with Crippen molar-refractivity contribution in [3.63, 3.8) is 0 Å². The van der Waals surface area contributed by atoms with E-state index in [2.05, 4.69) is 15.5 Å². The Labute approximate surface area is 117 Å². The molecule has 1 aliphatic rings. The summed E-state index contributed by atoms with van der Waals surface area (Å²) in [6.45, 7) is 0. The second-order valence-electron chi connectivity index (χ2n) is 4.81. The number of aromatic nitrogens is 1. The third-order valence-electron chi connectivity index (χ3n) is 3.58. The van der Waals surface area contributed by atoms with Crippen molar-refractivity contribution in [1.82, 2.24) is 10.4 Å². The standard InChI is InChI=1S/C16H15N3O/c20-11-16-14(12-6-8-17-9-7-12)10-15(18-19-16)13-4-2-1-3-5-13/h1-9,11,14,16,19H,10H2. The highest BCUT2D eigenvalue weighted by Crippen LogP contribution is 2.27. The van der Waals surface area contributed by atoms with Gasteiger partial charge in [-0.25, -0.2) is 0 Å². The van der Waals surface area contributed by atoms with E-state index >= 15 is 0 Å². The summed E-state index contributed by atoms with van der Waals surface area (Å²) >= 11 is 0. The number of carbonyl (C=O) groups excluding carboxylic acids is 1. The Hall–Kier alpha value is -2.49. The molecule has 20 heavy (non-hydrogen) atoms. The molecule has 1 aromatic heterocycles. The maximum atomic E-state index is 11.2. The van der Waals surface area contributed by atoms with Crippen molar-refractivity contribution in [2.75, 3.05) is 0 Å². The van der Waals surface area contributed by atoms with Crippen molar-refractivity contribution in [3.05, 3.63) is 66.0 Å². The van der Waals surface area contributed by atoms with Gasteiger partial charge in [0.05, 0.1) is 5.71 Å². The van der Waals surface area contributed by atoms with Crippen LogP contribution in [-0.4, -0.2) is 23.0 Å². The van der Waals surface area contributed by atoms with Crippen molar-refractivity contribution < 1.29 is 4.79 Å². The average Bonchev–Trinajstić information content (AvgIpc) is 2.56. The van der Waals surface area contributed by atoms with Crippen LogP contribution in [0.25, 0.3) is 0 Å². The number of rotatable bonds is 3. The van der Waals surface area contributed by atoms with Crippen LogP contribution in [0.5, 0.6) is 0 Å². The van der Waals surface area contributed by atoms with Gasteiger partial charge in [-0.2, -0.15) is 5.10 Å². The van der Waals surface area contributed by atoms with Crippen LogP contribution in [0.2, 0.25) is 0 Å². The molecule has 4 heteroatoms. The summed E-state index contributed by atoms with van der Waals surface area (Å²) in [6.07, 6.45) is 5.18. The predicted molar refractivity (Wildman–Crippen MR) is 77.6 cm³/mol. The zero-order valence-electron chi connectivity index (χ0n) is 10.9. The molecule has 0 saturated carbocycles. The van der Waals surface area contributed by atoms with Crippen molar-refractivity contribution in [2.45, 2.75) is 18.4 Å². The molecular weight excluding hydrogens is 250 g/mol. The molecule has 0 spiro atoms. The molecule has 0 fully saturated rings. The van der Waals surface area contributed by atoms with E-state index in [-0.39, 0.29) is 12.0 Å². The van der Waals surface area contributed by atoms with Gasteiger partial charge in [0.1, 0.15) is 12.3 Å². The first-order chi connectivity index (χ1) is 9.88. The molecule has 3 rings (SSSR count). The van der Waals surface area contributed by atoms with Gasteiger partial charge in [0.2, 0.25) is 0 Å². The van der Waals surface area contributed by atoms with E-state index in [1.807, 2.05) is 42.5 Å². The van der Waals surface area contributed by atoms with E-state index in [9.17, 15) is 4.79 Å². The van der Waals surface area contributed by atoms with Crippen LogP contribution in [0.15, 0.2) is 60.0 Å². The summed E-state index contributed by atoms with van der Waals surface area (Å²) < 4.78 is 0. The Bertz CT molecular complexity index is 610. The lowest BCUT2D eigenvalue weighted by atomic mass is 9.85. The molecule has 100 valence electrons. The van der Waals surface area contributed by atoms with Gasteiger partial charge in [0.25, 0.3) is 0 Å². The smallest absolute Gasteiger partial charge is 0.144 e. The van der Waals surface area contributed by atoms with Gasteiger partial charge in [-0.15, -0.1) is 0 Å². The summed E-state index contributed by atoms with van der Waals surface area (Å²) in [6, 6.07) is 13.7. The lowest BCUT2D eigenvalue weighted by Gasteiger charge is -2.28. The van der Waals surface area contributed by atoms with Crippen molar-refractivity contribution >= 4 is 12.0 Å². The quantitative estimate of drug-likeness (QED) is 0.865. The van der Waals surface area contributed by atoms with Gasteiger partial charge in [-0.05, 0) is 23.3 Å². The lowest BCUT2D eigenvalue weighted by molar-refractivity contribution is -0.110. The van der Waals surface area contributed by atoms with Gasteiger partial charge < -0.3 is 4.79 Å². The van der Waals surface area contributed by atoms with Crippen LogP contribution >= 0.6 is 0 Å². The van der Waals surface area contributed by atoms with Crippen LogP contribution in [-0.2, 0) is 4.79 Å². The molecule has 0 bridgehead atoms. The SMILES string of the molecule is O=CC1NN=C(c2ccccc2)CC1c1ccncc1. The average molecular weight is 265 g/mol. The number of nitrogens with one attached hydrogen (secondary N) is 1. The predicted octanol–water partition coefficient (Wildman–Crippen LogP) is 2.13. The van der Waals surface area contributed by atoms with Crippen LogP contribution in [0, 0.1) is 0 Å². The van der Waals surface area contributed by atoms with Crippen molar-refractivity contribution in [3.8, 4) is 0 Å². The number of pyridine rings is 1. The second-order valence-corrected chi connectivity index (χ2v) is 4.81. The van der Waals surface area contributed by atoms with Crippen LogP contribution in [0.3, 0.4) is 0 Å². The molecular formula is C16H15N3O. The first-order valence-corrected chi connectivity index (χ1v) is 6.61. The zero-order chi connectivity index (χ0) is 13.8. The molecule has 0 amide bonds. The number of aldehydes is 1. The Morgan fingerprint density at radius 3 is 2.55 bits per heavy atom. The Morgan fingerprint density at radius 2 is 1.85 bits per heavy atom. The molecule has 1 aliphatic heterocycles. The molecule has 2 unspecified atom stereocenters. The van der Waals surface area contributed by atoms with E-state index in [0.717, 1.165) is 29.5 Å². The maximum absolute atomic E-state index is 11.2. The largest absolute Gasteiger partial charge is 0.301 e. The third kappa shape index (κ3) is 2.45. The fraction of sp³-hybridized carbons (Fsp3) is 0.188. The monoisotopic (exact) mass is 265 g/mol. The molecule has 4 nitrogen and oxygen atoms in total. The summed E-state index contributed by atoms with van der Waals surface area (Å²) in [5.41, 5.74) is 6.13. The van der Waals surface area contributed by atoms with Gasteiger partial charge in [-0.1, -0.05) is 30.3 Å². The van der Waals surface area contributed by atoms with E-state index in [0.29, 0.717) is 0 Å². The second kappa shape index (κ2) is 5.65. The fourth-order valence-corrected chi connectivity index (χ4v) is 2.50. The summed E-state index contributed by atoms with van der Waals surface area (Å²) in [7, 11) is 0. The third-order valence-corrected chi connectivity index (χ3v) is 3.58. The van der Waals surface area contributed by atoms with E-state index in [1.54, 1.807) is 12.4 Å². The highest BCUT2D eigenvalue weighted by molar-refractivity contribution is 6.01. The first-order valence-electron chi connectivity index (χ1n) is 6.61. The molecule has 2 heterocycles. The normalized spacial score (nSPS) is 21.7. The molecule has 0 radical (unpaired) electrons. The van der Waals surface area contributed by atoms with E-state index in [4.69, 9.17) is 0 Å². The molecule has 1 aromatic carbocycles. The van der Waals surface area contributed by atoms with Gasteiger partial charge in [0, 0.05) is 24.7 Å². The highest BCUT2D eigenvalue weighted by atomic mass is 16.1. The Balaban J connectivity index is 1.91. The number of benzene rings is 1. The minimum absolute atomic E-state index is 0.0863. The summed E-state index contributed by atoms with van der Waals surface area (Å²) in [5.74, 6) is 0.0863. The van der Waals surface area contributed by atoms with Gasteiger partial charge in [0.15, 0.2) is 0 Å². The molecule has 2 atom stereocenters. The zero-order valence-corrected chi connectivity index (χ0v) is 10.9. The summed E-state index contributed by atoms with van der Waals surface area (Å²) in [4.78, 5) is 15.3.